The molecule has 2 N–H and O–H groups in total. The van der Waals surface area contributed by atoms with Crippen molar-refractivity contribution >= 4 is 41.1 Å². The number of nitrogens with one attached hydrogen (secondary N) is 2. The van der Waals surface area contributed by atoms with Crippen LogP contribution in [0.1, 0.15) is 62.5 Å². The van der Waals surface area contributed by atoms with Gasteiger partial charge in [-0.15, -0.1) is 0 Å². The average molecular weight is 514 g/mol. The molecule has 186 valence electrons. The van der Waals surface area contributed by atoms with Crippen LogP contribution in [0.2, 0.25) is 10.0 Å². The third-order valence-corrected chi connectivity index (χ3v) is 8.39. The summed E-state index contributed by atoms with van der Waals surface area (Å²) in [5.74, 6) is -0.0697. The maximum Gasteiger partial charge on any atom is 0.253 e. The van der Waals surface area contributed by atoms with E-state index >= 15 is 0 Å². The Morgan fingerprint density at radius 3 is 2.40 bits per heavy atom. The van der Waals surface area contributed by atoms with E-state index in [9.17, 15) is 9.59 Å². The molecule has 7 heteroatoms. The molecule has 3 atom stereocenters. The minimum Gasteiger partial charge on any atom is -0.311 e. The second-order valence-electron chi connectivity index (χ2n) is 10.2. The van der Waals surface area contributed by atoms with Gasteiger partial charge in [-0.25, -0.2) is 0 Å². The van der Waals surface area contributed by atoms with Crippen molar-refractivity contribution < 1.29 is 9.59 Å². The quantitative estimate of drug-likeness (QED) is 0.485. The van der Waals surface area contributed by atoms with E-state index in [1.54, 1.807) is 4.90 Å². The highest BCUT2D eigenvalue weighted by molar-refractivity contribution is 6.31. The Kier molecular flexibility index (Phi) is 7.50. The largest absolute Gasteiger partial charge is 0.311 e. The third-order valence-electron chi connectivity index (χ3n) is 7.90. The molecule has 2 fully saturated rings. The summed E-state index contributed by atoms with van der Waals surface area (Å²) in [4.78, 5) is 28.8. The van der Waals surface area contributed by atoms with E-state index in [4.69, 9.17) is 23.2 Å². The minimum atomic E-state index is -0.967. The molecule has 1 saturated carbocycles. The van der Waals surface area contributed by atoms with Crippen molar-refractivity contribution in [3.05, 3.63) is 63.6 Å². The summed E-state index contributed by atoms with van der Waals surface area (Å²) in [5, 5.41) is 8.54. The number of carbonyl (C=O) groups excluding carboxylic acids is 2. The van der Waals surface area contributed by atoms with Gasteiger partial charge in [-0.1, -0.05) is 67.1 Å². The Morgan fingerprint density at radius 2 is 1.71 bits per heavy atom. The zero-order valence-electron chi connectivity index (χ0n) is 19.9. The first-order valence-electron chi connectivity index (χ1n) is 12.9. The number of hydrogen-bond donors (Lipinski definition) is 2. The van der Waals surface area contributed by atoms with Crippen molar-refractivity contribution in [1.29, 1.82) is 0 Å². The minimum absolute atomic E-state index is 0.0697. The lowest BCUT2D eigenvalue weighted by molar-refractivity contribution is -0.126. The van der Waals surface area contributed by atoms with Gasteiger partial charge < -0.3 is 10.1 Å². The number of carbonyl (C=O) groups is 2. The van der Waals surface area contributed by atoms with Crippen molar-refractivity contribution in [2.75, 3.05) is 11.4 Å². The van der Waals surface area contributed by atoms with Crippen LogP contribution < -0.4 is 15.5 Å². The zero-order valence-corrected chi connectivity index (χ0v) is 21.5. The van der Waals surface area contributed by atoms with Gasteiger partial charge in [-0.05, 0) is 62.1 Å². The number of piperidine rings is 1. The van der Waals surface area contributed by atoms with Gasteiger partial charge in [0.25, 0.3) is 5.91 Å². The second-order valence-corrected chi connectivity index (χ2v) is 11.1. The Bertz CT molecular complexity index is 1060. The predicted molar refractivity (Wildman–Crippen MR) is 141 cm³/mol. The molecule has 5 nitrogen and oxygen atoms in total. The number of halogens is 2. The number of rotatable bonds is 7. The molecule has 1 amide bonds. The first-order chi connectivity index (χ1) is 17.0. The van der Waals surface area contributed by atoms with Crippen LogP contribution in [0.5, 0.6) is 0 Å². The highest BCUT2D eigenvalue weighted by Crippen LogP contribution is 2.46. The Labute approximate surface area is 217 Å². The maximum absolute atomic E-state index is 14.6. The molecule has 35 heavy (non-hydrogen) atoms. The van der Waals surface area contributed by atoms with Crippen molar-refractivity contribution in [3.8, 4) is 0 Å². The van der Waals surface area contributed by atoms with Gasteiger partial charge in [0.1, 0.15) is 17.9 Å². The van der Waals surface area contributed by atoms with Crippen molar-refractivity contribution in [1.82, 2.24) is 10.6 Å². The SMILES string of the molecule is O=CC(C1CCCCN1)N1C(=O)C(Cc2ccc(Cl)cc2)(NC2CCCCC2)c2ccc(Cl)cc21. The van der Waals surface area contributed by atoms with Gasteiger partial charge in [0.15, 0.2) is 0 Å². The summed E-state index contributed by atoms with van der Waals surface area (Å²) < 4.78 is 0. The van der Waals surface area contributed by atoms with Crippen LogP contribution >= 0.6 is 23.2 Å². The monoisotopic (exact) mass is 513 g/mol. The number of benzene rings is 2. The van der Waals surface area contributed by atoms with E-state index in [1.165, 1.54) is 6.42 Å². The van der Waals surface area contributed by atoms with E-state index in [2.05, 4.69) is 10.6 Å². The van der Waals surface area contributed by atoms with E-state index < -0.39 is 11.6 Å². The fourth-order valence-electron chi connectivity index (χ4n) is 6.16. The van der Waals surface area contributed by atoms with Gasteiger partial charge >= 0.3 is 0 Å². The Morgan fingerprint density at radius 1 is 1.00 bits per heavy atom. The molecule has 2 heterocycles. The van der Waals surface area contributed by atoms with E-state index in [1.807, 2.05) is 42.5 Å². The molecule has 2 aromatic carbocycles. The number of hydrogen-bond acceptors (Lipinski definition) is 4. The molecular weight excluding hydrogens is 481 g/mol. The fraction of sp³-hybridized carbons (Fsp3) is 0.500. The second kappa shape index (κ2) is 10.6. The molecule has 0 bridgehead atoms. The summed E-state index contributed by atoms with van der Waals surface area (Å²) in [6.45, 7) is 0.857. The molecule has 2 aliphatic heterocycles. The lowest BCUT2D eigenvalue weighted by Crippen LogP contribution is -2.60. The van der Waals surface area contributed by atoms with E-state index in [0.717, 1.165) is 74.6 Å². The van der Waals surface area contributed by atoms with Crippen LogP contribution in [0, 0.1) is 0 Å². The Balaban J connectivity index is 1.61. The molecule has 0 aromatic heterocycles. The fourth-order valence-corrected chi connectivity index (χ4v) is 6.45. The third kappa shape index (κ3) is 4.89. The van der Waals surface area contributed by atoms with Gasteiger partial charge in [-0.2, -0.15) is 0 Å². The molecule has 1 aliphatic carbocycles. The molecule has 2 aromatic rings. The lowest BCUT2D eigenvalue weighted by Gasteiger charge is -2.38. The van der Waals surface area contributed by atoms with Crippen LogP contribution in [0.3, 0.4) is 0 Å². The summed E-state index contributed by atoms with van der Waals surface area (Å²) >= 11 is 12.6. The van der Waals surface area contributed by atoms with Crippen molar-refractivity contribution in [2.24, 2.45) is 0 Å². The van der Waals surface area contributed by atoms with E-state index in [0.29, 0.717) is 16.5 Å². The molecule has 0 radical (unpaired) electrons. The lowest BCUT2D eigenvalue weighted by atomic mass is 9.82. The van der Waals surface area contributed by atoms with Crippen LogP contribution in [0.4, 0.5) is 5.69 Å². The smallest absolute Gasteiger partial charge is 0.253 e. The number of anilines is 1. The van der Waals surface area contributed by atoms with Gasteiger partial charge in [0, 0.05) is 34.1 Å². The Hall–Kier alpha value is -1.92. The molecular formula is C28H33Cl2N3O2. The first kappa shape index (κ1) is 24.8. The van der Waals surface area contributed by atoms with Crippen LogP contribution in [0.15, 0.2) is 42.5 Å². The highest BCUT2D eigenvalue weighted by Gasteiger charge is 2.54. The number of fused-ring (bicyclic) bond motifs is 1. The predicted octanol–water partition coefficient (Wildman–Crippen LogP) is 5.41. The highest BCUT2D eigenvalue weighted by atomic mass is 35.5. The van der Waals surface area contributed by atoms with Crippen LogP contribution in [-0.2, 0) is 21.5 Å². The summed E-state index contributed by atoms with van der Waals surface area (Å²) in [5.41, 5.74) is 1.69. The first-order valence-corrected chi connectivity index (χ1v) is 13.6. The standard InChI is InChI=1S/C28H33Cl2N3O2/c29-20-11-9-19(10-12-20)17-28(32-22-6-2-1-3-7-22)23-14-13-21(30)16-25(23)33(27(28)35)26(18-34)24-8-4-5-15-31-24/h9-14,16,18,22,24,26,31-32H,1-8,15,17H2. The number of nitrogens with zero attached hydrogens (tertiary/aromatic N) is 1. The molecule has 0 spiro atoms. The molecule has 1 saturated heterocycles. The summed E-state index contributed by atoms with van der Waals surface area (Å²) in [6.07, 6.45) is 10.0. The molecule has 5 rings (SSSR count). The maximum atomic E-state index is 14.6. The van der Waals surface area contributed by atoms with Gasteiger partial charge in [0.2, 0.25) is 0 Å². The topological polar surface area (TPSA) is 61.4 Å². The average Bonchev–Trinajstić information content (AvgIpc) is 3.09. The normalized spacial score (nSPS) is 25.9. The van der Waals surface area contributed by atoms with Crippen LogP contribution in [0.25, 0.3) is 0 Å². The van der Waals surface area contributed by atoms with Gasteiger partial charge in [-0.3, -0.25) is 15.0 Å². The molecule has 3 unspecified atom stereocenters. The van der Waals surface area contributed by atoms with E-state index in [-0.39, 0.29) is 18.0 Å². The number of amides is 1. The van der Waals surface area contributed by atoms with Crippen molar-refractivity contribution in [2.45, 2.75) is 81.5 Å². The molecule has 3 aliphatic rings. The summed E-state index contributed by atoms with van der Waals surface area (Å²) in [6, 6.07) is 13.0. The van der Waals surface area contributed by atoms with Gasteiger partial charge in [0.05, 0.1) is 5.69 Å². The van der Waals surface area contributed by atoms with Crippen LogP contribution in [-0.4, -0.2) is 36.9 Å². The summed E-state index contributed by atoms with van der Waals surface area (Å²) in [7, 11) is 0. The zero-order chi connectivity index (χ0) is 24.4. The van der Waals surface area contributed by atoms with Crippen molar-refractivity contribution in [3.63, 3.8) is 0 Å². The number of aldehydes is 1.